The van der Waals surface area contributed by atoms with Crippen LogP contribution in [0.5, 0.6) is 0 Å². The molecule has 3 heterocycles. The number of hydrogen-bond donors (Lipinski definition) is 1. The van der Waals surface area contributed by atoms with Crippen molar-refractivity contribution < 1.29 is 9.59 Å². The highest BCUT2D eigenvalue weighted by Crippen LogP contribution is 2.35. The van der Waals surface area contributed by atoms with Crippen LogP contribution in [0.3, 0.4) is 0 Å². The quantitative estimate of drug-likeness (QED) is 0.418. The van der Waals surface area contributed by atoms with Crippen molar-refractivity contribution in [2.75, 3.05) is 0 Å². The van der Waals surface area contributed by atoms with E-state index in [9.17, 15) is 9.59 Å². The smallest absolute Gasteiger partial charge is 0.271 e. The van der Waals surface area contributed by atoms with E-state index in [0.29, 0.717) is 30.4 Å². The molecule has 0 bridgehead atoms. The van der Waals surface area contributed by atoms with Crippen LogP contribution in [0.4, 0.5) is 0 Å². The fourth-order valence-corrected chi connectivity index (χ4v) is 5.50. The number of amides is 2. The third-order valence-corrected chi connectivity index (χ3v) is 7.51. The third-order valence-electron chi connectivity index (χ3n) is 6.31. The topological polar surface area (TPSA) is 54.3 Å². The van der Waals surface area contributed by atoms with Gasteiger partial charge in [0.2, 0.25) is 5.91 Å². The van der Waals surface area contributed by atoms with Gasteiger partial charge in [-0.3, -0.25) is 9.59 Å². The third kappa shape index (κ3) is 3.94. The van der Waals surface area contributed by atoms with Crippen LogP contribution >= 0.6 is 22.9 Å². The van der Waals surface area contributed by atoms with Gasteiger partial charge in [0, 0.05) is 23.5 Å². The zero-order valence-corrected chi connectivity index (χ0v) is 20.0. The molecule has 1 aliphatic rings. The van der Waals surface area contributed by atoms with Gasteiger partial charge in [0.1, 0.15) is 16.1 Å². The summed E-state index contributed by atoms with van der Waals surface area (Å²) < 4.78 is 2.00. The van der Waals surface area contributed by atoms with Crippen molar-refractivity contribution in [1.29, 1.82) is 0 Å². The minimum absolute atomic E-state index is 0.129. The number of carbonyl (C=O) groups excluding carboxylic acids is 2. The first kappa shape index (κ1) is 21.7. The number of fused-ring (bicyclic) bond motifs is 3. The van der Waals surface area contributed by atoms with E-state index in [1.807, 2.05) is 66.3 Å². The fourth-order valence-electron chi connectivity index (χ4n) is 4.47. The average Bonchev–Trinajstić information content (AvgIpc) is 3.38. The highest BCUT2D eigenvalue weighted by atomic mass is 35.5. The molecule has 4 aromatic rings. The summed E-state index contributed by atoms with van der Waals surface area (Å²) in [6, 6.07) is 19.4. The Labute approximate surface area is 201 Å². The molecule has 1 atom stereocenters. The number of aryl methyl sites for hydroxylation is 1. The van der Waals surface area contributed by atoms with Crippen LogP contribution in [0, 0.1) is 6.92 Å². The monoisotopic (exact) mass is 477 g/mol. The van der Waals surface area contributed by atoms with Crippen molar-refractivity contribution in [1.82, 2.24) is 14.8 Å². The van der Waals surface area contributed by atoms with Crippen LogP contribution in [0.25, 0.3) is 10.2 Å². The van der Waals surface area contributed by atoms with Gasteiger partial charge in [0.15, 0.2) is 0 Å². The standard InChI is InChI=1S/C26H24ClN3O2S/c1-17-4-3-5-19(12-17)15-30-23(31)22-13-20-10-11-33-24(20)29(22)16-26(30,2)25(32)28-14-18-6-8-21(27)9-7-18/h3-13H,14-16H2,1-2H3,(H,28,32). The van der Waals surface area contributed by atoms with Crippen LogP contribution in [-0.4, -0.2) is 26.8 Å². The molecule has 1 unspecified atom stereocenters. The lowest BCUT2D eigenvalue weighted by Gasteiger charge is -2.44. The molecule has 33 heavy (non-hydrogen) atoms. The van der Waals surface area contributed by atoms with Gasteiger partial charge in [0.25, 0.3) is 5.91 Å². The number of nitrogens with zero attached hydrogens (tertiary/aromatic N) is 2. The molecule has 5 nitrogen and oxygen atoms in total. The van der Waals surface area contributed by atoms with E-state index in [-0.39, 0.29) is 11.8 Å². The highest BCUT2D eigenvalue weighted by Gasteiger charge is 2.47. The van der Waals surface area contributed by atoms with E-state index in [4.69, 9.17) is 11.6 Å². The molecular weight excluding hydrogens is 454 g/mol. The van der Waals surface area contributed by atoms with Gasteiger partial charge in [0.05, 0.1) is 6.54 Å². The summed E-state index contributed by atoms with van der Waals surface area (Å²) in [4.78, 5) is 30.1. The number of thiophene rings is 1. The number of benzene rings is 2. The number of hydrogen-bond acceptors (Lipinski definition) is 3. The van der Waals surface area contributed by atoms with Gasteiger partial charge in [-0.1, -0.05) is 53.6 Å². The minimum Gasteiger partial charge on any atom is -0.350 e. The Morgan fingerprint density at radius 2 is 1.91 bits per heavy atom. The van der Waals surface area contributed by atoms with E-state index in [2.05, 4.69) is 11.4 Å². The van der Waals surface area contributed by atoms with Crippen molar-refractivity contribution in [3.63, 3.8) is 0 Å². The van der Waals surface area contributed by atoms with Gasteiger partial charge < -0.3 is 14.8 Å². The van der Waals surface area contributed by atoms with Gasteiger partial charge in [-0.25, -0.2) is 0 Å². The van der Waals surface area contributed by atoms with Crippen molar-refractivity contribution in [3.8, 4) is 0 Å². The van der Waals surface area contributed by atoms with E-state index in [0.717, 1.165) is 26.9 Å². The van der Waals surface area contributed by atoms with Crippen LogP contribution in [0.15, 0.2) is 66.0 Å². The number of aromatic nitrogens is 1. The fraction of sp³-hybridized carbons (Fsp3) is 0.231. The van der Waals surface area contributed by atoms with Crippen LogP contribution < -0.4 is 5.32 Å². The van der Waals surface area contributed by atoms with Gasteiger partial charge in [-0.15, -0.1) is 11.3 Å². The second kappa shape index (κ2) is 8.36. The summed E-state index contributed by atoms with van der Waals surface area (Å²) in [5.41, 5.74) is 2.66. The largest absolute Gasteiger partial charge is 0.350 e. The first-order valence-corrected chi connectivity index (χ1v) is 12.1. The maximum atomic E-state index is 13.7. The van der Waals surface area contributed by atoms with Crippen LogP contribution in [0.1, 0.15) is 34.1 Å². The van der Waals surface area contributed by atoms with E-state index < -0.39 is 5.54 Å². The van der Waals surface area contributed by atoms with E-state index in [1.165, 1.54) is 0 Å². The predicted octanol–water partition coefficient (Wildman–Crippen LogP) is 5.40. The Morgan fingerprint density at radius 3 is 2.67 bits per heavy atom. The van der Waals surface area contributed by atoms with Gasteiger partial charge in [-0.05, 0) is 54.6 Å². The Bertz CT molecular complexity index is 1360. The van der Waals surface area contributed by atoms with Crippen molar-refractivity contribution in [2.24, 2.45) is 0 Å². The molecule has 0 radical (unpaired) electrons. The summed E-state index contributed by atoms with van der Waals surface area (Å²) in [6.45, 7) is 5.02. The molecule has 0 fully saturated rings. The SMILES string of the molecule is Cc1cccc(CN2C(=O)c3cc4ccsc4n3CC2(C)C(=O)NCc2ccc(Cl)cc2)c1. The van der Waals surface area contributed by atoms with Crippen molar-refractivity contribution in [3.05, 3.63) is 93.5 Å². The Morgan fingerprint density at radius 1 is 1.12 bits per heavy atom. The zero-order chi connectivity index (χ0) is 23.2. The Kier molecular flexibility index (Phi) is 5.51. The lowest BCUT2D eigenvalue weighted by Crippen LogP contribution is -2.63. The molecule has 0 saturated heterocycles. The molecule has 2 aromatic heterocycles. The maximum Gasteiger partial charge on any atom is 0.271 e. The predicted molar refractivity (Wildman–Crippen MR) is 133 cm³/mol. The van der Waals surface area contributed by atoms with Crippen molar-refractivity contribution >= 4 is 45.0 Å². The van der Waals surface area contributed by atoms with Gasteiger partial charge in [-0.2, -0.15) is 0 Å². The molecule has 5 rings (SSSR count). The molecular formula is C26H24ClN3O2S. The van der Waals surface area contributed by atoms with E-state index >= 15 is 0 Å². The van der Waals surface area contributed by atoms with Gasteiger partial charge >= 0.3 is 0 Å². The molecule has 0 spiro atoms. The second-order valence-corrected chi connectivity index (χ2v) is 10.1. The Balaban J connectivity index is 1.50. The lowest BCUT2D eigenvalue weighted by molar-refractivity contribution is -0.133. The highest BCUT2D eigenvalue weighted by molar-refractivity contribution is 7.16. The maximum absolute atomic E-state index is 13.7. The van der Waals surface area contributed by atoms with Crippen LogP contribution in [0.2, 0.25) is 5.02 Å². The van der Waals surface area contributed by atoms with E-state index in [1.54, 1.807) is 28.4 Å². The zero-order valence-electron chi connectivity index (χ0n) is 18.5. The summed E-state index contributed by atoms with van der Waals surface area (Å²) in [5.74, 6) is -0.308. The molecule has 0 saturated carbocycles. The number of nitrogens with one attached hydrogen (secondary N) is 1. The molecule has 1 N–H and O–H groups in total. The second-order valence-electron chi connectivity index (χ2n) is 8.76. The molecule has 2 aromatic carbocycles. The molecule has 168 valence electrons. The van der Waals surface area contributed by atoms with Crippen molar-refractivity contribution in [2.45, 2.75) is 39.0 Å². The molecule has 7 heteroatoms. The first-order valence-electron chi connectivity index (χ1n) is 10.8. The minimum atomic E-state index is -1.05. The van der Waals surface area contributed by atoms with Crippen LogP contribution in [-0.2, 0) is 24.4 Å². The summed E-state index contributed by atoms with van der Waals surface area (Å²) >= 11 is 7.57. The lowest BCUT2D eigenvalue weighted by atomic mass is 9.93. The molecule has 2 amide bonds. The normalized spacial score (nSPS) is 17.9. The number of carbonyl (C=O) groups is 2. The first-order chi connectivity index (χ1) is 15.8. The Hall–Kier alpha value is -3.09. The molecule has 0 aliphatic carbocycles. The average molecular weight is 478 g/mol. The molecule has 1 aliphatic heterocycles. The number of halogens is 1. The summed E-state index contributed by atoms with van der Waals surface area (Å²) in [5, 5.41) is 6.75. The number of rotatable bonds is 5. The summed E-state index contributed by atoms with van der Waals surface area (Å²) in [7, 11) is 0. The summed E-state index contributed by atoms with van der Waals surface area (Å²) in [6.07, 6.45) is 0.